The van der Waals surface area contributed by atoms with E-state index in [0.29, 0.717) is 30.8 Å². The highest BCUT2D eigenvalue weighted by Crippen LogP contribution is 2.33. The van der Waals surface area contributed by atoms with E-state index in [0.717, 1.165) is 22.3 Å². The predicted molar refractivity (Wildman–Crippen MR) is 145 cm³/mol. The first-order chi connectivity index (χ1) is 19.5. The molecule has 2 rings (SSSR count). The minimum absolute atomic E-state index is 0.0234. The molecule has 2 aromatic rings. The molecule has 41 heavy (non-hydrogen) atoms. The number of halogens is 3. The molecule has 0 spiro atoms. The lowest BCUT2D eigenvalue weighted by atomic mass is 9.94. The van der Waals surface area contributed by atoms with E-state index < -0.39 is 43.9 Å². The van der Waals surface area contributed by atoms with Gasteiger partial charge in [-0.05, 0) is 67.0 Å². The van der Waals surface area contributed by atoms with Crippen molar-refractivity contribution in [2.24, 2.45) is 5.92 Å². The summed E-state index contributed by atoms with van der Waals surface area (Å²) in [4.78, 5) is 23.6. The average molecular weight is 583 g/mol. The fraction of sp³-hybridized carbons (Fsp3) is 0.467. The minimum atomic E-state index is -4.16. The van der Waals surface area contributed by atoms with E-state index >= 15 is 0 Å². The maximum absolute atomic E-state index is 12.5. The van der Waals surface area contributed by atoms with Crippen molar-refractivity contribution < 1.29 is 51.9 Å². The summed E-state index contributed by atoms with van der Waals surface area (Å²) in [6, 6.07) is 10.8. The Kier molecular flexibility index (Phi) is 13.6. The number of hydrogen-bond donors (Lipinski definition) is 2. The summed E-state index contributed by atoms with van der Waals surface area (Å²) in [6.45, 7) is 5.56. The van der Waals surface area contributed by atoms with Gasteiger partial charge in [-0.2, -0.15) is 13.2 Å². The Morgan fingerprint density at radius 2 is 1.68 bits per heavy atom. The highest BCUT2D eigenvalue weighted by atomic mass is 19.4. The average Bonchev–Trinajstić information content (AvgIpc) is 2.95. The zero-order valence-electron chi connectivity index (χ0n) is 23.3. The third kappa shape index (κ3) is 11.8. The summed E-state index contributed by atoms with van der Waals surface area (Å²) >= 11 is 0. The molecular formula is C30H37F3O8. The van der Waals surface area contributed by atoms with Gasteiger partial charge in [-0.3, -0.25) is 4.79 Å². The number of carbonyl (C=O) groups excluding carboxylic acids is 2. The smallest absolute Gasteiger partial charge is 0.389 e. The molecule has 8 nitrogen and oxygen atoms in total. The van der Waals surface area contributed by atoms with Gasteiger partial charge in [0.2, 0.25) is 6.79 Å². The Labute approximate surface area is 237 Å². The van der Waals surface area contributed by atoms with E-state index in [9.17, 15) is 22.8 Å². The van der Waals surface area contributed by atoms with Crippen LogP contribution in [0.4, 0.5) is 13.2 Å². The summed E-state index contributed by atoms with van der Waals surface area (Å²) in [5.74, 6) is -1.32. The van der Waals surface area contributed by atoms with Gasteiger partial charge in [0, 0.05) is 12.5 Å². The van der Waals surface area contributed by atoms with Crippen LogP contribution < -0.4 is 9.47 Å². The molecule has 11 heteroatoms. The van der Waals surface area contributed by atoms with Crippen LogP contribution >= 0.6 is 0 Å². The maximum Gasteiger partial charge on any atom is 0.389 e. The molecule has 0 aliphatic carbocycles. The lowest BCUT2D eigenvalue weighted by Gasteiger charge is -2.16. The van der Waals surface area contributed by atoms with Gasteiger partial charge < -0.3 is 29.2 Å². The minimum Gasteiger partial charge on any atom is -0.490 e. The molecule has 1 unspecified atom stereocenters. The van der Waals surface area contributed by atoms with Crippen molar-refractivity contribution in [2.45, 2.75) is 52.1 Å². The van der Waals surface area contributed by atoms with Crippen molar-refractivity contribution in [3.8, 4) is 22.6 Å². The number of carbonyl (C=O) groups is 2. The Bertz CT molecular complexity index is 1160. The standard InChI is InChI=1S/C30H37F3O8/c1-4-23-13-22(7-5-6-10-30(31,32)33)8-9-27(23)24-14-25(38-11-12-39-28(36)20(2)17-34)16-26(15-24)40-19-41-29(37)21(3)18-35/h8-9,13-16,20,34-35H,3-7,10-12,17-19H2,1-2H3. The van der Waals surface area contributed by atoms with Crippen molar-refractivity contribution in [1.29, 1.82) is 0 Å². The molecule has 0 fully saturated rings. The van der Waals surface area contributed by atoms with Crippen LogP contribution in [0.25, 0.3) is 11.1 Å². The van der Waals surface area contributed by atoms with Crippen LogP contribution in [0, 0.1) is 5.92 Å². The molecule has 0 saturated heterocycles. The van der Waals surface area contributed by atoms with Crippen molar-refractivity contribution >= 4 is 11.9 Å². The quantitative estimate of drug-likeness (QED) is 0.114. The molecule has 0 aliphatic rings. The number of benzene rings is 2. The molecule has 0 saturated carbocycles. The third-order valence-corrected chi connectivity index (χ3v) is 6.09. The Morgan fingerprint density at radius 1 is 0.976 bits per heavy atom. The third-order valence-electron chi connectivity index (χ3n) is 6.09. The van der Waals surface area contributed by atoms with Gasteiger partial charge >= 0.3 is 18.1 Å². The van der Waals surface area contributed by atoms with Crippen molar-refractivity contribution in [2.75, 3.05) is 33.2 Å². The summed E-state index contributed by atoms with van der Waals surface area (Å²) < 4.78 is 58.8. The second kappa shape index (κ2) is 16.6. The number of hydrogen-bond acceptors (Lipinski definition) is 8. The number of unbranched alkanes of at least 4 members (excludes halogenated alkanes) is 1. The van der Waals surface area contributed by atoms with Crippen LogP contribution in [0.15, 0.2) is 48.6 Å². The van der Waals surface area contributed by atoms with Gasteiger partial charge in [-0.15, -0.1) is 0 Å². The van der Waals surface area contributed by atoms with E-state index in [-0.39, 0.29) is 31.8 Å². The SMILES string of the molecule is C=C(CO)C(=O)OCOc1cc(OCCOC(=O)C(C)CO)cc(-c2ccc(CCCCC(F)(F)F)cc2CC)c1. The second-order valence-electron chi connectivity index (χ2n) is 9.42. The zero-order chi connectivity index (χ0) is 30.4. The number of esters is 2. The van der Waals surface area contributed by atoms with Gasteiger partial charge in [-0.1, -0.05) is 31.7 Å². The lowest BCUT2D eigenvalue weighted by molar-refractivity contribution is -0.150. The number of aryl methyl sites for hydroxylation is 2. The number of aliphatic hydroxyl groups excluding tert-OH is 2. The van der Waals surface area contributed by atoms with E-state index in [1.54, 1.807) is 18.2 Å². The van der Waals surface area contributed by atoms with E-state index in [2.05, 4.69) is 6.58 Å². The Balaban J connectivity index is 2.21. The monoisotopic (exact) mass is 582 g/mol. The van der Waals surface area contributed by atoms with Crippen molar-refractivity contribution in [3.05, 3.63) is 59.7 Å². The number of alkyl halides is 3. The summed E-state index contributed by atoms with van der Waals surface area (Å²) in [6.07, 6.45) is -3.28. The van der Waals surface area contributed by atoms with Crippen LogP contribution in [-0.4, -0.2) is 61.5 Å². The number of rotatable bonds is 17. The summed E-state index contributed by atoms with van der Waals surface area (Å²) in [7, 11) is 0. The highest BCUT2D eigenvalue weighted by molar-refractivity contribution is 5.87. The Morgan fingerprint density at radius 3 is 2.32 bits per heavy atom. The number of aliphatic hydroxyl groups is 2. The van der Waals surface area contributed by atoms with Gasteiger partial charge in [0.1, 0.15) is 24.7 Å². The molecule has 0 amide bonds. The molecule has 2 aromatic carbocycles. The Hall–Kier alpha value is -3.57. The van der Waals surface area contributed by atoms with Gasteiger partial charge in [-0.25, -0.2) is 4.79 Å². The predicted octanol–water partition coefficient (Wildman–Crippen LogP) is 5.17. The zero-order valence-corrected chi connectivity index (χ0v) is 23.3. The second-order valence-corrected chi connectivity index (χ2v) is 9.42. The first-order valence-corrected chi connectivity index (χ1v) is 13.3. The van der Waals surface area contributed by atoms with E-state index in [1.165, 1.54) is 6.92 Å². The first kappa shape index (κ1) is 33.6. The normalized spacial score (nSPS) is 12.0. The molecular weight excluding hydrogens is 545 g/mol. The lowest BCUT2D eigenvalue weighted by Crippen LogP contribution is -2.20. The van der Waals surface area contributed by atoms with Crippen molar-refractivity contribution in [1.82, 2.24) is 0 Å². The molecule has 0 aliphatic heterocycles. The molecule has 0 heterocycles. The van der Waals surface area contributed by atoms with Crippen LogP contribution in [-0.2, 0) is 31.9 Å². The fourth-order valence-electron chi connectivity index (χ4n) is 3.76. The van der Waals surface area contributed by atoms with Crippen LogP contribution in [0.2, 0.25) is 0 Å². The van der Waals surface area contributed by atoms with Crippen LogP contribution in [0.5, 0.6) is 11.5 Å². The topological polar surface area (TPSA) is 112 Å². The maximum atomic E-state index is 12.5. The first-order valence-electron chi connectivity index (χ1n) is 13.3. The number of ether oxygens (including phenoxy) is 4. The van der Waals surface area contributed by atoms with Gasteiger partial charge in [0.15, 0.2) is 0 Å². The molecule has 1 atom stereocenters. The highest BCUT2D eigenvalue weighted by Gasteiger charge is 2.25. The molecule has 2 N–H and O–H groups in total. The van der Waals surface area contributed by atoms with Crippen LogP contribution in [0.3, 0.4) is 0 Å². The molecule has 0 radical (unpaired) electrons. The molecule has 0 bridgehead atoms. The summed E-state index contributed by atoms with van der Waals surface area (Å²) in [5.41, 5.74) is 3.36. The fourth-order valence-corrected chi connectivity index (χ4v) is 3.76. The molecule has 226 valence electrons. The van der Waals surface area contributed by atoms with Crippen LogP contribution in [0.1, 0.15) is 44.2 Å². The van der Waals surface area contributed by atoms with E-state index in [4.69, 9.17) is 29.2 Å². The van der Waals surface area contributed by atoms with Gasteiger partial charge in [0.05, 0.1) is 24.7 Å². The van der Waals surface area contributed by atoms with E-state index in [1.807, 2.05) is 25.1 Å². The van der Waals surface area contributed by atoms with Gasteiger partial charge in [0.25, 0.3) is 0 Å². The summed E-state index contributed by atoms with van der Waals surface area (Å²) in [5, 5.41) is 18.1. The van der Waals surface area contributed by atoms with Crippen molar-refractivity contribution in [3.63, 3.8) is 0 Å². The molecule has 0 aromatic heterocycles. The largest absolute Gasteiger partial charge is 0.490 e.